The Bertz CT molecular complexity index is 1230. The molecule has 0 saturated heterocycles. The third-order valence-corrected chi connectivity index (χ3v) is 6.13. The zero-order valence-corrected chi connectivity index (χ0v) is 19.9. The molecule has 0 atom stereocenters. The van der Waals surface area contributed by atoms with Crippen molar-refractivity contribution in [3.63, 3.8) is 0 Å². The first-order valence-electron chi connectivity index (χ1n) is 10.9. The number of benzene rings is 3. The first-order chi connectivity index (χ1) is 16.7. The summed E-state index contributed by atoms with van der Waals surface area (Å²) in [6, 6.07) is 25.3. The van der Waals surface area contributed by atoms with Gasteiger partial charge in [-0.3, -0.25) is 9.36 Å². The maximum Gasteiger partial charge on any atom is 0.234 e. The summed E-state index contributed by atoms with van der Waals surface area (Å²) in [5, 5.41) is 12.4. The predicted octanol–water partition coefficient (Wildman–Crippen LogP) is 4.80. The van der Waals surface area contributed by atoms with Gasteiger partial charge in [0.2, 0.25) is 5.91 Å². The van der Waals surface area contributed by atoms with E-state index in [4.69, 9.17) is 9.47 Å². The Morgan fingerprint density at radius 2 is 1.65 bits per heavy atom. The van der Waals surface area contributed by atoms with Crippen molar-refractivity contribution in [1.29, 1.82) is 0 Å². The molecule has 0 radical (unpaired) electrons. The molecule has 0 unspecified atom stereocenters. The van der Waals surface area contributed by atoms with Crippen LogP contribution in [0.3, 0.4) is 0 Å². The fourth-order valence-electron chi connectivity index (χ4n) is 3.48. The Balaban J connectivity index is 1.51. The molecule has 3 aromatic carbocycles. The molecular formula is C26H26N4O3S. The van der Waals surface area contributed by atoms with E-state index in [1.807, 2.05) is 65.2 Å². The smallest absolute Gasteiger partial charge is 0.234 e. The monoisotopic (exact) mass is 474 g/mol. The molecule has 174 valence electrons. The highest BCUT2D eigenvalue weighted by molar-refractivity contribution is 7.99. The summed E-state index contributed by atoms with van der Waals surface area (Å²) in [6.45, 7) is 0. The molecule has 34 heavy (non-hydrogen) atoms. The fourth-order valence-corrected chi connectivity index (χ4v) is 4.25. The van der Waals surface area contributed by atoms with Crippen LogP contribution < -0.4 is 14.8 Å². The SMILES string of the molecule is COc1ccc(-n2c(CCc3ccccc3)nnc2SCC(=O)Nc2cccc(OC)c2)cc1. The quantitative estimate of drug-likeness (QED) is 0.333. The van der Waals surface area contributed by atoms with Crippen LogP contribution in [0.25, 0.3) is 5.69 Å². The molecule has 0 aliphatic heterocycles. The van der Waals surface area contributed by atoms with Crippen molar-refractivity contribution in [2.75, 3.05) is 25.3 Å². The number of nitrogens with one attached hydrogen (secondary N) is 1. The number of aromatic nitrogens is 3. The van der Waals surface area contributed by atoms with Crippen LogP contribution in [0.2, 0.25) is 0 Å². The van der Waals surface area contributed by atoms with Crippen LogP contribution in [0, 0.1) is 0 Å². The molecule has 0 bridgehead atoms. The van der Waals surface area contributed by atoms with Crippen LogP contribution >= 0.6 is 11.8 Å². The van der Waals surface area contributed by atoms with Crippen molar-refractivity contribution in [3.05, 3.63) is 90.3 Å². The summed E-state index contributed by atoms with van der Waals surface area (Å²) in [4.78, 5) is 12.6. The Morgan fingerprint density at radius 1 is 0.882 bits per heavy atom. The van der Waals surface area contributed by atoms with E-state index in [1.165, 1.54) is 17.3 Å². The van der Waals surface area contributed by atoms with E-state index in [9.17, 15) is 4.79 Å². The van der Waals surface area contributed by atoms with Gasteiger partial charge >= 0.3 is 0 Å². The van der Waals surface area contributed by atoms with Crippen molar-refractivity contribution in [3.8, 4) is 17.2 Å². The van der Waals surface area contributed by atoms with Crippen molar-refractivity contribution in [1.82, 2.24) is 14.8 Å². The van der Waals surface area contributed by atoms with Gasteiger partial charge in [0, 0.05) is 23.9 Å². The molecule has 1 aromatic heterocycles. The van der Waals surface area contributed by atoms with Gasteiger partial charge in [-0.15, -0.1) is 10.2 Å². The van der Waals surface area contributed by atoms with Gasteiger partial charge in [0.25, 0.3) is 0 Å². The van der Waals surface area contributed by atoms with E-state index >= 15 is 0 Å². The zero-order chi connectivity index (χ0) is 23.8. The molecule has 0 saturated carbocycles. The van der Waals surface area contributed by atoms with Gasteiger partial charge < -0.3 is 14.8 Å². The number of nitrogens with zero attached hydrogens (tertiary/aromatic N) is 3. The summed E-state index contributed by atoms with van der Waals surface area (Å²) in [7, 11) is 3.24. The average Bonchev–Trinajstić information content (AvgIpc) is 3.29. The zero-order valence-electron chi connectivity index (χ0n) is 19.1. The second kappa shape index (κ2) is 11.4. The third kappa shape index (κ3) is 5.96. The summed E-state index contributed by atoms with van der Waals surface area (Å²) >= 11 is 1.35. The minimum Gasteiger partial charge on any atom is -0.497 e. The molecule has 4 rings (SSSR count). The van der Waals surface area contributed by atoms with Crippen molar-refractivity contribution in [2.24, 2.45) is 0 Å². The van der Waals surface area contributed by atoms with E-state index < -0.39 is 0 Å². The highest BCUT2D eigenvalue weighted by Crippen LogP contribution is 2.25. The lowest BCUT2D eigenvalue weighted by Gasteiger charge is -2.11. The number of thioether (sulfide) groups is 1. The fraction of sp³-hybridized carbons (Fsp3) is 0.192. The number of carbonyl (C=O) groups excluding carboxylic acids is 1. The summed E-state index contributed by atoms with van der Waals surface area (Å²) in [5.41, 5.74) is 2.84. The van der Waals surface area contributed by atoms with E-state index in [0.29, 0.717) is 16.6 Å². The molecule has 1 heterocycles. The highest BCUT2D eigenvalue weighted by atomic mass is 32.2. The van der Waals surface area contributed by atoms with Gasteiger partial charge in [0.15, 0.2) is 5.16 Å². The van der Waals surface area contributed by atoms with Crippen molar-refractivity contribution < 1.29 is 14.3 Å². The van der Waals surface area contributed by atoms with Gasteiger partial charge in [-0.1, -0.05) is 48.2 Å². The number of aryl methyl sites for hydroxylation is 2. The Kier molecular flexibility index (Phi) is 7.83. The molecule has 8 heteroatoms. The van der Waals surface area contributed by atoms with Crippen molar-refractivity contribution in [2.45, 2.75) is 18.0 Å². The molecule has 0 fully saturated rings. The number of ether oxygens (including phenoxy) is 2. The molecule has 0 spiro atoms. The summed E-state index contributed by atoms with van der Waals surface area (Å²) < 4.78 is 12.5. The Hall–Kier alpha value is -3.78. The molecule has 1 amide bonds. The number of anilines is 1. The van der Waals surface area contributed by atoms with E-state index in [-0.39, 0.29) is 11.7 Å². The van der Waals surface area contributed by atoms with Crippen LogP contribution in [-0.2, 0) is 17.6 Å². The van der Waals surface area contributed by atoms with Gasteiger partial charge in [0.1, 0.15) is 17.3 Å². The number of hydrogen-bond acceptors (Lipinski definition) is 6. The molecule has 7 nitrogen and oxygen atoms in total. The summed E-state index contributed by atoms with van der Waals surface area (Å²) in [5.74, 6) is 2.37. The standard InChI is InChI=1S/C26H26N4O3S/c1-32-22-14-12-21(13-15-22)30-24(16-11-19-7-4-3-5-8-19)28-29-26(30)34-18-25(31)27-20-9-6-10-23(17-20)33-2/h3-10,12-15,17H,11,16,18H2,1-2H3,(H,27,31). The molecule has 0 aliphatic rings. The van der Waals surface area contributed by atoms with E-state index in [0.717, 1.165) is 30.1 Å². The first-order valence-corrected chi connectivity index (χ1v) is 11.8. The second-order valence-corrected chi connectivity index (χ2v) is 8.43. The summed E-state index contributed by atoms with van der Waals surface area (Å²) in [6.07, 6.45) is 1.57. The van der Waals surface area contributed by atoms with E-state index in [2.05, 4.69) is 27.6 Å². The van der Waals surface area contributed by atoms with Crippen LogP contribution in [0.4, 0.5) is 5.69 Å². The second-order valence-electron chi connectivity index (χ2n) is 7.49. The normalized spacial score (nSPS) is 10.6. The van der Waals surface area contributed by atoms with Crippen LogP contribution in [0.15, 0.2) is 84.0 Å². The van der Waals surface area contributed by atoms with Crippen LogP contribution in [0.1, 0.15) is 11.4 Å². The predicted molar refractivity (Wildman–Crippen MR) is 134 cm³/mol. The number of rotatable bonds is 10. The highest BCUT2D eigenvalue weighted by Gasteiger charge is 2.16. The lowest BCUT2D eigenvalue weighted by molar-refractivity contribution is -0.113. The largest absolute Gasteiger partial charge is 0.497 e. The maximum absolute atomic E-state index is 12.6. The van der Waals surface area contributed by atoms with Gasteiger partial charge in [-0.2, -0.15) is 0 Å². The number of hydrogen-bond donors (Lipinski definition) is 1. The minimum atomic E-state index is -0.131. The van der Waals surface area contributed by atoms with Gasteiger partial charge in [0.05, 0.1) is 20.0 Å². The third-order valence-electron chi connectivity index (χ3n) is 5.20. The maximum atomic E-state index is 12.6. The topological polar surface area (TPSA) is 78.3 Å². The average molecular weight is 475 g/mol. The van der Waals surface area contributed by atoms with Crippen LogP contribution in [-0.4, -0.2) is 40.6 Å². The number of carbonyl (C=O) groups is 1. The number of amides is 1. The first kappa shape index (κ1) is 23.4. The molecule has 0 aliphatic carbocycles. The minimum absolute atomic E-state index is 0.131. The molecule has 1 N–H and O–H groups in total. The molecule has 4 aromatic rings. The lowest BCUT2D eigenvalue weighted by atomic mass is 10.1. The van der Waals surface area contributed by atoms with Crippen molar-refractivity contribution >= 4 is 23.4 Å². The van der Waals surface area contributed by atoms with E-state index in [1.54, 1.807) is 20.3 Å². The number of methoxy groups -OCH3 is 2. The Labute approximate surface area is 203 Å². The lowest BCUT2D eigenvalue weighted by Crippen LogP contribution is -2.14. The Morgan fingerprint density at radius 3 is 2.38 bits per heavy atom. The van der Waals surface area contributed by atoms with Gasteiger partial charge in [-0.25, -0.2) is 0 Å². The van der Waals surface area contributed by atoms with Crippen LogP contribution in [0.5, 0.6) is 11.5 Å². The molecular weight excluding hydrogens is 448 g/mol. The van der Waals surface area contributed by atoms with Gasteiger partial charge in [-0.05, 0) is 48.4 Å².